The molecule has 0 aliphatic rings. The van der Waals surface area contributed by atoms with Crippen molar-refractivity contribution in [1.82, 2.24) is 20.0 Å². The smallest absolute Gasteiger partial charge is 0.352 e. The normalized spacial score (nSPS) is 10.5. The Kier molecular flexibility index (Phi) is 5.68. The first-order valence-electron chi connectivity index (χ1n) is 8.32. The first kappa shape index (κ1) is 18.4. The highest BCUT2D eigenvalue weighted by Crippen LogP contribution is 2.31. The van der Waals surface area contributed by atoms with Gasteiger partial charge in [0.2, 0.25) is 5.95 Å². The third kappa shape index (κ3) is 4.24. The molecule has 0 amide bonds. The van der Waals surface area contributed by atoms with Gasteiger partial charge < -0.3 is 9.47 Å². The van der Waals surface area contributed by atoms with Crippen LogP contribution >= 0.6 is 0 Å². The second-order valence-electron chi connectivity index (χ2n) is 5.75. The van der Waals surface area contributed by atoms with Crippen molar-refractivity contribution in [2.75, 3.05) is 19.6 Å². The third-order valence-corrected chi connectivity index (χ3v) is 4.00. The van der Waals surface area contributed by atoms with E-state index in [0.717, 1.165) is 5.56 Å². The Bertz CT molecular complexity index is 973. The summed E-state index contributed by atoms with van der Waals surface area (Å²) in [6, 6.07) is 15.2. The molecule has 8 heteroatoms. The number of ether oxygens (including phenoxy) is 2. The molecule has 2 aromatic carbocycles. The molecule has 0 radical (unpaired) electrons. The van der Waals surface area contributed by atoms with Crippen LogP contribution in [0.3, 0.4) is 0 Å². The minimum atomic E-state index is -0.418. The molecule has 0 aliphatic heterocycles. The number of nitrogens with one attached hydrogen (secondary N) is 2. The van der Waals surface area contributed by atoms with Crippen molar-refractivity contribution in [2.24, 2.45) is 7.05 Å². The summed E-state index contributed by atoms with van der Waals surface area (Å²) in [5, 5.41) is 0. The first-order valence-corrected chi connectivity index (χ1v) is 8.32. The number of hydrogen-bond donors (Lipinski definition) is 2. The average Bonchev–Trinajstić information content (AvgIpc) is 2.70. The molecule has 0 bridgehead atoms. The second-order valence-corrected chi connectivity index (χ2v) is 5.75. The molecule has 0 saturated carbocycles. The predicted octanol–water partition coefficient (Wildman–Crippen LogP) is 1.98. The maximum absolute atomic E-state index is 12.2. The predicted molar refractivity (Wildman–Crippen MR) is 103 cm³/mol. The van der Waals surface area contributed by atoms with Crippen molar-refractivity contribution in [1.29, 1.82) is 0 Å². The lowest BCUT2D eigenvalue weighted by Crippen LogP contribution is -2.29. The monoisotopic (exact) mass is 367 g/mol. The van der Waals surface area contributed by atoms with Crippen LogP contribution in [0.15, 0.2) is 53.3 Å². The molecule has 0 unspecified atom stereocenters. The number of hydrogen-bond acceptors (Lipinski definition) is 7. The quantitative estimate of drug-likeness (QED) is 0.617. The largest absolute Gasteiger partial charge is 0.493 e. The SMILES string of the molecule is COc1ccc(-c2nc(NNCc3ccccc3)nc(=O)n2C)cc1OC. The molecule has 8 nitrogen and oxygen atoms in total. The molecule has 1 aromatic heterocycles. The van der Waals surface area contributed by atoms with E-state index in [4.69, 9.17) is 9.47 Å². The molecular formula is C19H21N5O3. The topological polar surface area (TPSA) is 90.3 Å². The minimum Gasteiger partial charge on any atom is -0.493 e. The summed E-state index contributed by atoms with van der Waals surface area (Å²) in [5.74, 6) is 1.81. The van der Waals surface area contributed by atoms with Gasteiger partial charge in [0.25, 0.3) is 0 Å². The highest BCUT2D eigenvalue weighted by atomic mass is 16.5. The van der Waals surface area contributed by atoms with Crippen LogP contribution < -0.4 is 26.0 Å². The van der Waals surface area contributed by atoms with Crippen LogP contribution in [-0.2, 0) is 13.6 Å². The number of rotatable bonds is 7. The van der Waals surface area contributed by atoms with Gasteiger partial charge in [-0.05, 0) is 23.8 Å². The Morgan fingerprint density at radius 2 is 1.74 bits per heavy atom. The lowest BCUT2D eigenvalue weighted by Gasteiger charge is -2.13. The maximum Gasteiger partial charge on any atom is 0.352 e. The van der Waals surface area contributed by atoms with Crippen molar-refractivity contribution < 1.29 is 9.47 Å². The maximum atomic E-state index is 12.2. The number of anilines is 1. The fraction of sp³-hybridized carbons (Fsp3) is 0.211. The Morgan fingerprint density at radius 1 is 1.00 bits per heavy atom. The standard InChI is InChI=1S/C19H21N5O3/c1-24-17(14-9-10-15(26-2)16(11-14)27-3)21-18(22-19(24)25)23-20-12-13-7-5-4-6-8-13/h4-11,20H,12H2,1-3H3,(H,22,23,25). The van der Waals surface area contributed by atoms with Crippen molar-refractivity contribution in [3.05, 3.63) is 64.6 Å². The molecule has 0 saturated heterocycles. The summed E-state index contributed by atoms with van der Waals surface area (Å²) < 4.78 is 12.0. The summed E-state index contributed by atoms with van der Waals surface area (Å²) in [6.45, 7) is 0.561. The Morgan fingerprint density at radius 3 is 2.44 bits per heavy atom. The van der Waals surface area contributed by atoms with Gasteiger partial charge in [-0.15, -0.1) is 0 Å². The van der Waals surface area contributed by atoms with Gasteiger partial charge in [0.15, 0.2) is 11.5 Å². The van der Waals surface area contributed by atoms with E-state index in [0.29, 0.717) is 29.4 Å². The molecule has 2 N–H and O–H groups in total. The van der Waals surface area contributed by atoms with Gasteiger partial charge >= 0.3 is 5.69 Å². The van der Waals surface area contributed by atoms with E-state index >= 15 is 0 Å². The highest BCUT2D eigenvalue weighted by molar-refractivity contribution is 5.62. The molecule has 0 aliphatic carbocycles. The zero-order chi connectivity index (χ0) is 19.2. The van der Waals surface area contributed by atoms with Crippen LogP contribution in [0.5, 0.6) is 11.5 Å². The number of hydrazine groups is 1. The molecule has 3 aromatic rings. The van der Waals surface area contributed by atoms with Gasteiger partial charge in [-0.3, -0.25) is 9.99 Å². The van der Waals surface area contributed by atoms with E-state index in [1.165, 1.54) is 4.57 Å². The fourth-order valence-corrected chi connectivity index (χ4v) is 2.57. The Labute approximate surface area is 156 Å². The van der Waals surface area contributed by atoms with Gasteiger partial charge in [0, 0.05) is 19.2 Å². The second kappa shape index (κ2) is 8.33. The molecular weight excluding hydrogens is 346 g/mol. The van der Waals surface area contributed by atoms with E-state index < -0.39 is 5.69 Å². The summed E-state index contributed by atoms with van der Waals surface area (Å²) in [4.78, 5) is 20.6. The zero-order valence-corrected chi connectivity index (χ0v) is 15.4. The molecule has 1 heterocycles. The molecule has 140 valence electrons. The fourth-order valence-electron chi connectivity index (χ4n) is 2.57. The van der Waals surface area contributed by atoms with Crippen molar-refractivity contribution in [3.63, 3.8) is 0 Å². The van der Waals surface area contributed by atoms with Crippen LogP contribution in [0.2, 0.25) is 0 Å². The summed E-state index contributed by atoms with van der Waals surface area (Å²) >= 11 is 0. The average molecular weight is 367 g/mol. The molecule has 0 fully saturated rings. The first-order chi connectivity index (χ1) is 13.1. The van der Waals surface area contributed by atoms with Crippen LogP contribution in [0.25, 0.3) is 11.4 Å². The molecule has 27 heavy (non-hydrogen) atoms. The van der Waals surface area contributed by atoms with Crippen LogP contribution in [0, 0.1) is 0 Å². The number of methoxy groups -OCH3 is 2. The number of nitrogens with zero attached hydrogens (tertiary/aromatic N) is 3. The third-order valence-electron chi connectivity index (χ3n) is 4.00. The lowest BCUT2D eigenvalue weighted by molar-refractivity contribution is 0.355. The summed E-state index contributed by atoms with van der Waals surface area (Å²) in [7, 11) is 4.75. The van der Waals surface area contributed by atoms with E-state index in [1.54, 1.807) is 33.4 Å². The Balaban J connectivity index is 1.85. The van der Waals surface area contributed by atoms with Gasteiger partial charge in [0.1, 0.15) is 5.82 Å². The van der Waals surface area contributed by atoms with Crippen molar-refractivity contribution in [2.45, 2.75) is 6.54 Å². The van der Waals surface area contributed by atoms with Crippen molar-refractivity contribution in [3.8, 4) is 22.9 Å². The summed E-state index contributed by atoms with van der Waals surface area (Å²) in [6.07, 6.45) is 0. The van der Waals surface area contributed by atoms with E-state index in [-0.39, 0.29) is 5.95 Å². The van der Waals surface area contributed by atoms with Gasteiger partial charge in [-0.2, -0.15) is 9.97 Å². The van der Waals surface area contributed by atoms with Gasteiger partial charge in [0.05, 0.1) is 14.2 Å². The van der Waals surface area contributed by atoms with Crippen LogP contribution in [-0.4, -0.2) is 28.8 Å². The number of benzene rings is 2. The molecule has 0 atom stereocenters. The van der Waals surface area contributed by atoms with Crippen LogP contribution in [0.4, 0.5) is 5.95 Å². The summed E-state index contributed by atoms with van der Waals surface area (Å²) in [5.41, 5.74) is 7.28. The van der Waals surface area contributed by atoms with Gasteiger partial charge in [-0.1, -0.05) is 30.3 Å². The molecule has 3 rings (SSSR count). The Hall–Kier alpha value is -3.39. The molecule has 0 spiro atoms. The lowest BCUT2D eigenvalue weighted by atomic mass is 10.2. The van der Waals surface area contributed by atoms with E-state index in [1.807, 2.05) is 36.4 Å². The van der Waals surface area contributed by atoms with Crippen LogP contribution in [0.1, 0.15) is 5.56 Å². The van der Waals surface area contributed by atoms with Gasteiger partial charge in [-0.25, -0.2) is 10.2 Å². The highest BCUT2D eigenvalue weighted by Gasteiger charge is 2.12. The number of aromatic nitrogens is 3. The van der Waals surface area contributed by atoms with Crippen molar-refractivity contribution >= 4 is 5.95 Å². The van der Waals surface area contributed by atoms with E-state index in [9.17, 15) is 4.79 Å². The van der Waals surface area contributed by atoms with E-state index in [2.05, 4.69) is 20.8 Å². The zero-order valence-electron chi connectivity index (χ0n) is 15.4. The minimum absolute atomic E-state index is 0.193.